The molecule has 0 aliphatic carbocycles. The Morgan fingerprint density at radius 2 is 1.57 bits per heavy atom. The SMILES string of the molecule is O=[N+]([O-])c1ccc(S(=O)(=O)/C=C/c2ccc(O)cc2)cc1. The molecular formula is C14H11NO5S. The van der Waals surface area contributed by atoms with E-state index in [0.717, 1.165) is 17.5 Å². The van der Waals surface area contributed by atoms with E-state index in [1.54, 1.807) is 12.1 Å². The molecule has 0 spiro atoms. The zero-order valence-electron chi connectivity index (χ0n) is 10.7. The van der Waals surface area contributed by atoms with Gasteiger partial charge in [-0.2, -0.15) is 0 Å². The van der Waals surface area contributed by atoms with Gasteiger partial charge in [-0.25, -0.2) is 8.42 Å². The average molecular weight is 305 g/mol. The maximum Gasteiger partial charge on any atom is 0.269 e. The van der Waals surface area contributed by atoms with Crippen molar-refractivity contribution in [3.05, 3.63) is 69.6 Å². The Morgan fingerprint density at radius 3 is 2.10 bits per heavy atom. The van der Waals surface area contributed by atoms with E-state index in [1.807, 2.05) is 0 Å². The predicted molar refractivity (Wildman–Crippen MR) is 77.4 cm³/mol. The van der Waals surface area contributed by atoms with Crippen molar-refractivity contribution < 1.29 is 18.4 Å². The van der Waals surface area contributed by atoms with Gasteiger partial charge in [0.25, 0.3) is 5.69 Å². The number of non-ortho nitro benzene ring substituents is 1. The molecule has 0 fully saturated rings. The lowest BCUT2D eigenvalue weighted by Crippen LogP contribution is -1.96. The molecule has 1 N–H and O–H groups in total. The first-order chi connectivity index (χ1) is 9.88. The van der Waals surface area contributed by atoms with Gasteiger partial charge in [0.15, 0.2) is 9.84 Å². The third-order valence-corrected chi connectivity index (χ3v) is 4.13. The number of phenols is 1. The van der Waals surface area contributed by atoms with Crippen LogP contribution in [0, 0.1) is 10.1 Å². The van der Waals surface area contributed by atoms with Crippen LogP contribution in [0.1, 0.15) is 5.56 Å². The third kappa shape index (κ3) is 3.67. The minimum absolute atomic E-state index is 0.0249. The lowest BCUT2D eigenvalue weighted by atomic mass is 10.2. The highest BCUT2D eigenvalue weighted by Gasteiger charge is 2.12. The summed E-state index contributed by atoms with van der Waals surface area (Å²) in [4.78, 5) is 9.90. The van der Waals surface area contributed by atoms with Crippen LogP contribution in [0.5, 0.6) is 5.75 Å². The summed E-state index contributed by atoms with van der Waals surface area (Å²) < 4.78 is 24.1. The Morgan fingerprint density at radius 1 is 1.00 bits per heavy atom. The molecule has 0 bridgehead atoms. The van der Waals surface area contributed by atoms with Crippen molar-refractivity contribution >= 4 is 21.6 Å². The van der Waals surface area contributed by atoms with E-state index in [-0.39, 0.29) is 16.3 Å². The highest BCUT2D eigenvalue weighted by molar-refractivity contribution is 7.94. The van der Waals surface area contributed by atoms with Crippen LogP contribution in [0.25, 0.3) is 6.08 Å². The van der Waals surface area contributed by atoms with Gasteiger partial charge in [0.05, 0.1) is 9.82 Å². The highest BCUT2D eigenvalue weighted by Crippen LogP contribution is 2.19. The van der Waals surface area contributed by atoms with Gasteiger partial charge in [-0.3, -0.25) is 10.1 Å². The van der Waals surface area contributed by atoms with Gasteiger partial charge >= 0.3 is 0 Å². The van der Waals surface area contributed by atoms with E-state index in [9.17, 15) is 18.5 Å². The number of sulfone groups is 1. The summed E-state index contributed by atoms with van der Waals surface area (Å²) in [5.74, 6) is 0.0883. The number of phenolic OH excluding ortho intramolecular Hbond substituents is 1. The summed E-state index contributed by atoms with van der Waals surface area (Å²) in [7, 11) is -3.68. The normalized spacial score (nSPS) is 11.6. The molecule has 21 heavy (non-hydrogen) atoms. The van der Waals surface area contributed by atoms with Crippen molar-refractivity contribution in [2.45, 2.75) is 4.90 Å². The van der Waals surface area contributed by atoms with Gasteiger partial charge < -0.3 is 5.11 Å². The van der Waals surface area contributed by atoms with Gasteiger partial charge in [0.2, 0.25) is 0 Å². The van der Waals surface area contributed by atoms with Crippen molar-refractivity contribution in [3.63, 3.8) is 0 Å². The molecule has 0 saturated heterocycles. The van der Waals surface area contributed by atoms with E-state index in [4.69, 9.17) is 5.11 Å². The first-order valence-corrected chi connectivity index (χ1v) is 7.40. The zero-order chi connectivity index (χ0) is 15.5. The number of nitrogens with zero attached hydrogens (tertiary/aromatic N) is 1. The standard InChI is InChI=1S/C14H11NO5S/c16-13-5-1-11(2-6-13)9-10-21(19,20)14-7-3-12(4-8-14)15(17)18/h1-10,16H/b10-9+. The summed E-state index contributed by atoms with van der Waals surface area (Å²) in [5.41, 5.74) is 0.440. The van der Waals surface area contributed by atoms with E-state index in [1.165, 1.54) is 30.3 Å². The number of nitro groups is 1. The van der Waals surface area contributed by atoms with Crippen LogP contribution in [-0.4, -0.2) is 18.4 Å². The molecule has 0 atom stereocenters. The number of nitro benzene ring substituents is 1. The molecule has 0 heterocycles. The molecule has 2 rings (SSSR count). The van der Waals surface area contributed by atoms with Gasteiger partial charge in [0, 0.05) is 17.5 Å². The molecule has 6 nitrogen and oxygen atoms in total. The van der Waals surface area contributed by atoms with E-state index >= 15 is 0 Å². The van der Waals surface area contributed by atoms with Crippen molar-refractivity contribution in [1.29, 1.82) is 0 Å². The monoisotopic (exact) mass is 305 g/mol. The molecule has 0 amide bonds. The molecule has 7 heteroatoms. The number of aromatic hydroxyl groups is 1. The molecule has 0 aliphatic heterocycles. The molecule has 0 saturated carbocycles. The Balaban J connectivity index is 2.25. The van der Waals surface area contributed by atoms with Crippen LogP contribution in [-0.2, 0) is 9.84 Å². The first kappa shape index (κ1) is 14.7. The number of hydrogen-bond donors (Lipinski definition) is 1. The van der Waals surface area contributed by atoms with Crippen LogP contribution >= 0.6 is 0 Å². The van der Waals surface area contributed by atoms with Crippen molar-refractivity contribution in [2.24, 2.45) is 0 Å². The minimum atomic E-state index is -3.68. The first-order valence-electron chi connectivity index (χ1n) is 5.85. The fourth-order valence-corrected chi connectivity index (χ4v) is 2.60. The average Bonchev–Trinajstić information content (AvgIpc) is 2.47. The van der Waals surface area contributed by atoms with Crippen molar-refractivity contribution in [3.8, 4) is 5.75 Å². The van der Waals surface area contributed by atoms with E-state index < -0.39 is 14.8 Å². The minimum Gasteiger partial charge on any atom is -0.508 e. The van der Waals surface area contributed by atoms with Gasteiger partial charge in [-0.15, -0.1) is 0 Å². The third-order valence-electron chi connectivity index (χ3n) is 2.71. The number of benzene rings is 2. The molecule has 2 aromatic carbocycles. The van der Waals surface area contributed by atoms with E-state index in [0.29, 0.717) is 5.56 Å². The summed E-state index contributed by atoms with van der Waals surface area (Å²) >= 11 is 0. The smallest absolute Gasteiger partial charge is 0.269 e. The zero-order valence-corrected chi connectivity index (χ0v) is 11.5. The lowest BCUT2D eigenvalue weighted by Gasteiger charge is -1.99. The molecular weight excluding hydrogens is 294 g/mol. The Labute approximate surface area is 121 Å². The summed E-state index contributed by atoms with van der Waals surface area (Å²) in [6.07, 6.45) is 1.39. The molecule has 0 radical (unpaired) electrons. The fraction of sp³-hybridized carbons (Fsp3) is 0. The Bertz CT molecular complexity index is 777. The van der Waals surface area contributed by atoms with Crippen LogP contribution in [0.4, 0.5) is 5.69 Å². The van der Waals surface area contributed by atoms with Gasteiger partial charge in [-0.05, 0) is 35.9 Å². The maximum absolute atomic E-state index is 12.0. The quantitative estimate of drug-likeness (QED) is 0.692. The summed E-state index contributed by atoms with van der Waals surface area (Å²) in [6, 6.07) is 10.7. The fourth-order valence-electron chi connectivity index (χ4n) is 1.59. The molecule has 0 aromatic heterocycles. The number of rotatable bonds is 4. The van der Waals surface area contributed by atoms with Crippen LogP contribution in [0.2, 0.25) is 0 Å². The topological polar surface area (TPSA) is 97.5 Å². The second-order valence-corrected chi connectivity index (χ2v) is 6.02. The van der Waals surface area contributed by atoms with Crippen LogP contribution in [0.15, 0.2) is 58.8 Å². The number of hydrogen-bond acceptors (Lipinski definition) is 5. The predicted octanol–water partition coefficient (Wildman–Crippen LogP) is 2.75. The van der Waals surface area contributed by atoms with Crippen molar-refractivity contribution in [1.82, 2.24) is 0 Å². The summed E-state index contributed by atoms with van der Waals surface area (Å²) in [6.45, 7) is 0. The second kappa shape index (κ2) is 5.76. The largest absolute Gasteiger partial charge is 0.508 e. The van der Waals surface area contributed by atoms with Crippen LogP contribution < -0.4 is 0 Å². The molecule has 0 unspecified atom stereocenters. The van der Waals surface area contributed by atoms with E-state index in [2.05, 4.69) is 0 Å². The van der Waals surface area contributed by atoms with Crippen LogP contribution in [0.3, 0.4) is 0 Å². The Kier molecular flexibility index (Phi) is 4.04. The second-order valence-electron chi connectivity index (χ2n) is 4.19. The highest BCUT2D eigenvalue weighted by atomic mass is 32.2. The maximum atomic E-state index is 12.0. The molecule has 2 aromatic rings. The Hall–Kier alpha value is -2.67. The molecule has 0 aliphatic rings. The lowest BCUT2D eigenvalue weighted by molar-refractivity contribution is -0.384. The van der Waals surface area contributed by atoms with Crippen molar-refractivity contribution in [2.75, 3.05) is 0 Å². The summed E-state index contributed by atoms with van der Waals surface area (Å²) in [5, 5.41) is 20.7. The molecule has 108 valence electrons. The van der Waals surface area contributed by atoms with Gasteiger partial charge in [-0.1, -0.05) is 12.1 Å². The van der Waals surface area contributed by atoms with Gasteiger partial charge in [0.1, 0.15) is 5.75 Å².